The number of anilines is 2. The fraction of sp³-hybridized carbons (Fsp3) is 0.588. The molecular formula is C17H26ClN7O. The molecule has 1 aromatic rings. The van der Waals surface area contributed by atoms with Gasteiger partial charge in [-0.1, -0.05) is 11.6 Å². The first-order chi connectivity index (χ1) is 12.5. The molecule has 1 saturated heterocycles. The van der Waals surface area contributed by atoms with E-state index < -0.39 is 0 Å². The van der Waals surface area contributed by atoms with E-state index in [-0.39, 0.29) is 11.9 Å². The van der Waals surface area contributed by atoms with Crippen molar-refractivity contribution in [1.29, 1.82) is 5.41 Å². The predicted octanol–water partition coefficient (Wildman–Crippen LogP) is 2.31. The van der Waals surface area contributed by atoms with Gasteiger partial charge in [-0.05, 0) is 39.8 Å². The van der Waals surface area contributed by atoms with Crippen molar-refractivity contribution in [3.8, 4) is 0 Å². The third kappa shape index (κ3) is 4.76. The van der Waals surface area contributed by atoms with Gasteiger partial charge in [0.2, 0.25) is 11.8 Å². The number of aromatic nitrogens is 2. The van der Waals surface area contributed by atoms with Gasteiger partial charge < -0.3 is 26.0 Å². The van der Waals surface area contributed by atoms with E-state index in [4.69, 9.17) is 21.7 Å². The van der Waals surface area contributed by atoms with Crippen molar-refractivity contribution < 1.29 is 4.74 Å². The zero-order valence-electron chi connectivity index (χ0n) is 15.2. The van der Waals surface area contributed by atoms with Crippen LogP contribution < -0.4 is 21.3 Å². The first-order valence-electron chi connectivity index (χ1n) is 8.99. The lowest BCUT2D eigenvalue weighted by Gasteiger charge is -2.26. The average Bonchev–Trinajstić information content (AvgIpc) is 2.64. The highest BCUT2D eigenvalue weighted by molar-refractivity contribution is 6.32. The van der Waals surface area contributed by atoms with E-state index in [1.165, 1.54) is 0 Å². The smallest absolute Gasteiger partial charge is 0.232 e. The van der Waals surface area contributed by atoms with Crippen molar-refractivity contribution >= 4 is 29.3 Å². The Morgan fingerprint density at radius 3 is 2.88 bits per heavy atom. The van der Waals surface area contributed by atoms with Crippen molar-refractivity contribution in [2.45, 2.75) is 45.2 Å². The van der Waals surface area contributed by atoms with Crippen LogP contribution in [0.25, 0.3) is 0 Å². The molecule has 1 aromatic heterocycles. The van der Waals surface area contributed by atoms with Crippen LogP contribution in [0.1, 0.15) is 33.1 Å². The second-order valence-corrected chi connectivity index (χ2v) is 7.10. The number of fused-ring (bicyclic) bond motifs is 2. The number of ether oxygens (including phenoxy) is 1. The Morgan fingerprint density at radius 2 is 2.12 bits per heavy atom. The Morgan fingerprint density at radius 1 is 1.35 bits per heavy atom. The first-order valence-corrected chi connectivity index (χ1v) is 9.36. The maximum Gasteiger partial charge on any atom is 0.232 e. The van der Waals surface area contributed by atoms with E-state index in [9.17, 15) is 0 Å². The van der Waals surface area contributed by atoms with E-state index in [1.54, 1.807) is 6.20 Å². The minimum absolute atomic E-state index is 0.0816. The van der Waals surface area contributed by atoms with Gasteiger partial charge in [0.05, 0.1) is 12.8 Å². The molecule has 1 fully saturated rings. The highest BCUT2D eigenvalue weighted by Gasteiger charge is 2.19. The van der Waals surface area contributed by atoms with E-state index in [0.717, 1.165) is 38.0 Å². The molecule has 2 aliphatic heterocycles. The second kappa shape index (κ2) is 8.55. The number of halogens is 1. The number of rotatable bonds is 2. The lowest BCUT2D eigenvalue weighted by atomic mass is 10.1. The number of nitrogens with zero attached hydrogens (tertiary/aromatic N) is 2. The third-order valence-electron chi connectivity index (χ3n) is 4.52. The van der Waals surface area contributed by atoms with Crippen molar-refractivity contribution in [1.82, 2.24) is 20.6 Å². The molecule has 3 rings (SSSR count). The Balaban J connectivity index is 1.87. The van der Waals surface area contributed by atoms with Gasteiger partial charge in [0.15, 0.2) is 5.82 Å². The molecule has 8 nitrogen and oxygen atoms in total. The summed E-state index contributed by atoms with van der Waals surface area (Å²) in [7, 11) is 0. The van der Waals surface area contributed by atoms with Gasteiger partial charge in [-0.3, -0.25) is 5.41 Å². The topological polar surface area (TPSA) is 107 Å². The molecule has 0 unspecified atom stereocenters. The monoisotopic (exact) mass is 379 g/mol. The normalized spacial score (nSPS) is 23.8. The summed E-state index contributed by atoms with van der Waals surface area (Å²) >= 11 is 6.19. The molecule has 5 N–H and O–H groups in total. The molecule has 26 heavy (non-hydrogen) atoms. The number of nitrogens with one attached hydrogen (secondary N) is 5. The Labute approximate surface area is 158 Å². The van der Waals surface area contributed by atoms with Crippen LogP contribution in [0.5, 0.6) is 0 Å². The molecule has 1 atom stereocenters. The summed E-state index contributed by atoms with van der Waals surface area (Å²) in [5, 5.41) is 22.1. The lowest BCUT2D eigenvalue weighted by molar-refractivity contribution is 0.289. The van der Waals surface area contributed by atoms with E-state index in [2.05, 4.69) is 31.2 Å². The lowest BCUT2D eigenvalue weighted by Crippen LogP contribution is -2.40. The molecule has 0 amide bonds. The summed E-state index contributed by atoms with van der Waals surface area (Å²) in [5.74, 6) is 1.03. The van der Waals surface area contributed by atoms with Gasteiger partial charge in [0, 0.05) is 24.2 Å². The van der Waals surface area contributed by atoms with Crippen molar-refractivity contribution in [3.05, 3.63) is 22.6 Å². The molecule has 142 valence electrons. The van der Waals surface area contributed by atoms with Crippen molar-refractivity contribution in [2.24, 2.45) is 0 Å². The summed E-state index contributed by atoms with van der Waals surface area (Å²) in [6, 6.07) is 0.488. The molecule has 2 aliphatic rings. The quantitative estimate of drug-likeness (QED) is 0.536. The largest absolute Gasteiger partial charge is 0.476 e. The van der Waals surface area contributed by atoms with E-state index in [1.807, 2.05) is 13.8 Å². The molecule has 2 bridgehead atoms. The molecule has 0 radical (unpaired) electrons. The molecule has 0 aliphatic carbocycles. The van der Waals surface area contributed by atoms with Gasteiger partial charge in [0.25, 0.3) is 0 Å². The predicted molar refractivity (Wildman–Crippen MR) is 104 cm³/mol. The van der Waals surface area contributed by atoms with Crippen molar-refractivity contribution in [2.75, 3.05) is 30.3 Å². The number of hydrogen-bond acceptors (Lipinski definition) is 8. The van der Waals surface area contributed by atoms with Crippen LogP contribution in [0.3, 0.4) is 0 Å². The number of piperidine rings is 1. The van der Waals surface area contributed by atoms with Crippen LogP contribution in [0.4, 0.5) is 11.8 Å². The Hall–Kier alpha value is -2.06. The third-order valence-corrected chi connectivity index (χ3v) is 4.80. The minimum Gasteiger partial charge on any atom is -0.476 e. The fourth-order valence-electron chi connectivity index (χ4n) is 3.02. The van der Waals surface area contributed by atoms with E-state index in [0.29, 0.717) is 35.1 Å². The summed E-state index contributed by atoms with van der Waals surface area (Å²) < 4.78 is 5.66. The van der Waals surface area contributed by atoms with Crippen LogP contribution in [-0.4, -0.2) is 47.6 Å². The molecule has 0 aromatic carbocycles. The fourth-order valence-corrected chi connectivity index (χ4v) is 3.17. The van der Waals surface area contributed by atoms with Crippen molar-refractivity contribution in [3.63, 3.8) is 0 Å². The minimum atomic E-state index is 0.0816. The zero-order chi connectivity index (χ0) is 18.5. The molecular weight excluding hydrogens is 354 g/mol. The van der Waals surface area contributed by atoms with Gasteiger partial charge in [-0.2, -0.15) is 4.98 Å². The van der Waals surface area contributed by atoms with Crippen LogP contribution in [0.2, 0.25) is 5.02 Å². The van der Waals surface area contributed by atoms with Gasteiger partial charge in [-0.25, -0.2) is 4.98 Å². The Kier molecular flexibility index (Phi) is 6.16. The van der Waals surface area contributed by atoms with Gasteiger partial charge >= 0.3 is 0 Å². The van der Waals surface area contributed by atoms with Crippen LogP contribution in [-0.2, 0) is 4.74 Å². The zero-order valence-corrected chi connectivity index (χ0v) is 15.9. The highest BCUT2D eigenvalue weighted by atomic mass is 35.5. The molecule has 0 saturated carbocycles. The second-order valence-electron chi connectivity index (χ2n) is 6.70. The van der Waals surface area contributed by atoms with Crippen LogP contribution >= 0.6 is 11.6 Å². The number of allylic oxidation sites excluding steroid dienone is 1. The molecule has 3 heterocycles. The van der Waals surface area contributed by atoms with E-state index >= 15 is 0 Å². The molecule has 0 spiro atoms. The summed E-state index contributed by atoms with van der Waals surface area (Å²) in [6.07, 6.45) is 4.37. The summed E-state index contributed by atoms with van der Waals surface area (Å²) in [4.78, 5) is 8.68. The Bertz CT molecular complexity index is 688. The maximum atomic E-state index is 8.35. The summed E-state index contributed by atoms with van der Waals surface area (Å²) in [6.45, 7) is 6.39. The van der Waals surface area contributed by atoms with Gasteiger partial charge in [-0.15, -0.1) is 0 Å². The first kappa shape index (κ1) is 18.7. The maximum absolute atomic E-state index is 8.35. The summed E-state index contributed by atoms with van der Waals surface area (Å²) in [5.41, 5.74) is 1.40. The van der Waals surface area contributed by atoms with Crippen LogP contribution in [0, 0.1) is 5.41 Å². The van der Waals surface area contributed by atoms with Crippen LogP contribution in [0.15, 0.2) is 17.6 Å². The van der Waals surface area contributed by atoms with Gasteiger partial charge in [0.1, 0.15) is 10.7 Å². The SMILES string of the molecule is C/C(NC1CCNCC1)=C1\Nc2ncc(Cl)c(n2)N[C@H](C)CCOC1=N. The standard InChI is InChI=1S/C17H26ClN7O/c1-10-5-8-26-15(19)14(11(2)23-12-3-6-20-7-4-12)24-17-21-9-13(18)16(22-10)25-17/h9-10,12,19-20,23H,3-8H2,1-2H3,(H2,21,22,24,25)/b14-11+,19-15?/t10-/m1/s1. The molecule has 9 heteroatoms. The highest BCUT2D eigenvalue weighted by Crippen LogP contribution is 2.22. The average molecular weight is 380 g/mol. The number of hydrogen-bond donors (Lipinski definition) is 5.